The van der Waals surface area contributed by atoms with E-state index < -0.39 is 5.91 Å². The van der Waals surface area contributed by atoms with Gasteiger partial charge in [0, 0.05) is 11.7 Å². The van der Waals surface area contributed by atoms with Gasteiger partial charge in [-0.05, 0) is 37.8 Å². The van der Waals surface area contributed by atoms with E-state index in [2.05, 4.69) is 26.1 Å². The van der Waals surface area contributed by atoms with Gasteiger partial charge in [-0.3, -0.25) is 4.79 Å². The second-order valence-corrected chi connectivity index (χ2v) is 5.71. The van der Waals surface area contributed by atoms with Gasteiger partial charge in [0.2, 0.25) is 0 Å². The van der Waals surface area contributed by atoms with Gasteiger partial charge in [0.05, 0.1) is 16.3 Å². The third kappa shape index (κ3) is 4.63. The van der Waals surface area contributed by atoms with Crippen LogP contribution in [0.1, 0.15) is 44.0 Å². The number of nitrogens with one attached hydrogen (secondary N) is 1. The van der Waals surface area contributed by atoms with Crippen molar-refractivity contribution in [2.75, 3.05) is 11.1 Å². The third-order valence-electron chi connectivity index (χ3n) is 2.95. The van der Waals surface area contributed by atoms with Crippen molar-refractivity contribution in [3.63, 3.8) is 0 Å². The summed E-state index contributed by atoms with van der Waals surface area (Å²) in [6.45, 7) is 6.41. The molecule has 0 radical (unpaired) electrons. The molecule has 1 aromatic rings. The van der Waals surface area contributed by atoms with Crippen LogP contribution < -0.4 is 16.8 Å². The number of hydrogen-bond acceptors (Lipinski definition) is 3. The molecule has 106 valence electrons. The lowest BCUT2D eigenvalue weighted by atomic mass is 10.0. The Morgan fingerprint density at radius 3 is 2.47 bits per heavy atom. The first kappa shape index (κ1) is 15.6. The standard InChI is InChI=1S/C14H22ClN3O/c1-8(2)4-5-9(3)18-13-11(14(17)19)6-10(16)7-12(13)15/h6-9,18H,4-5,16H2,1-3H3,(H2,17,19). The van der Waals surface area contributed by atoms with Gasteiger partial charge in [0.25, 0.3) is 5.91 Å². The molecule has 1 unspecified atom stereocenters. The third-order valence-corrected chi connectivity index (χ3v) is 3.24. The maximum absolute atomic E-state index is 11.4. The van der Waals surface area contributed by atoms with Crippen molar-refractivity contribution in [2.45, 2.75) is 39.7 Å². The smallest absolute Gasteiger partial charge is 0.250 e. The molecule has 0 aromatic heterocycles. The summed E-state index contributed by atoms with van der Waals surface area (Å²) in [5, 5.41) is 3.68. The molecular weight excluding hydrogens is 262 g/mol. The second-order valence-electron chi connectivity index (χ2n) is 5.31. The van der Waals surface area contributed by atoms with Crippen molar-refractivity contribution in [3.05, 3.63) is 22.7 Å². The first-order chi connectivity index (χ1) is 8.81. The minimum Gasteiger partial charge on any atom is -0.399 e. The molecule has 0 heterocycles. The SMILES string of the molecule is CC(C)CCC(C)Nc1c(Cl)cc(N)cc1C(N)=O. The Balaban J connectivity index is 2.90. The van der Waals surface area contributed by atoms with Gasteiger partial charge in [-0.1, -0.05) is 25.4 Å². The fraction of sp³-hybridized carbons (Fsp3) is 0.500. The number of amides is 1. The number of primary amides is 1. The lowest BCUT2D eigenvalue weighted by molar-refractivity contribution is 0.100. The number of rotatable bonds is 6. The fourth-order valence-corrected chi connectivity index (χ4v) is 2.15. The molecule has 1 amide bonds. The van der Waals surface area contributed by atoms with Crippen LogP contribution in [0.15, 0.2) is 12.1 Å². The molecule has 1 atom stereocenters. The van der Waals surface area contributed by atoms with Crippen LogP contribution in [0.2, 0.25) is 5.02 Å². The summed E-state index contributed by atoms with van der Waals surface area (Å²) in [6.07, 6.45) is 2.10. The van der Waals surface area contributed by atoms with Gasteiger partial charge >= 0.3 is 0 Å². The predicted molar refractivity (Wildman–Crippen MR) is 81.5 cm³/mol. The van der Waals surface area contributed by atoms with Gasteiger partial charge in [-0.2, -0.15) is 0 Å². The summed E-state index contributed by atoms with van der Waals surface area (Å²) in [7, 11) is 0. The van der Waals surface area contributed by atoms with Crippen molar-refractivity contribution >= 4 is 28.9 Å². The highest BCUT2D eigenvalue weighted by Gasteiger charge is 2.15. The summed E-state index contributed by atoms with van der Waals surface area (Å²) < 4.78 is 0. The first-order valence-corrected chi connectivity index (χ1v) is 6.84. The Labute approximate surface area is 119 Å². The Hall–Kier alpha value is -1.42. The summed E-state index contributed by atoms with van der Waals surface area (Å²) in [6, 6.07) is 3.37. The summed E-state index contributed by atoms with van der Waals surface area (Å²) in [5.41, 5.74) is 12.4. The Kier molecular flexibility index (Phi) is 5.48. The number of benzene rings is 1. The number of nitrogen functional groups attached to an aromatic ring is 1. The van der Waals surface area contributed by atoms with Crippen molar-refractivity contribution in [1.82, 2.24) is 0 Å². The number of hydrogen-bond donors (Lipinski definition) is 3. The molecule has 1 aromatic carbocycles. The molecule has 5 heteroatoms. The van der Waals surface area contributed by atoms with E-state index in [9.17, 15) is 4.79 Å². The van der Waals surface area contributed by atoms with Crippen molar-refractivity contribution in [2.24, 2.45) is 11.7 Å². The van der Waals surface area contributed by atoms with E-state index in [0.29, 0.717) is 27.9 Å². The minimum atomic E-state index is -0.534. The highest BCUT2D eigenvalue weighted by Crippen LogP contribution is 2.30. The normalized spacial score (nSPS) is 12.5. The maximum Gasteiger partial charge on any atom is 0.250 e. The monoisotopic (exact) mass is 283 g/mol. The molecule has 0 bridgehead atoms. The number of carbonyl (C=O) groups excluding carboxylic acids is 1. The van der Waals surface area contributed by atoms with Crippen molar-refractivity contribution in [3.8, 4) is 0 Å². The van der Waals surface area contributed by atoms with E-state index in [4.69, 9.17) is 23.1 Å². The molecule has 0 aliphatic heterocycles. The summed E-state index contributed by atoms with van der Waals surface area (Å²) in [4.78, 5) is 11.4. The Bertz CT molecular complexity index is 460. The predicted octanol–water partition coefficient (Wildman–Crippen LogP) is 3.26. The molecule has 1 rings (SSSR count). The van der Waals surface area contributed by atoms with Crippen LogP contribution >= 0.6 is 11.6 Å². The zero-order valence-electron chi connectivity index (χ0n) is 11.7. The van der Waals surface area contributed by atoms with Crippen LogP contribution in [0, 0.1) is 5.92 Å². The van der Waals surface area contributed by atoms with Gasteiger partial charge in [-0.15, -0.1) is 0 Å². The Morgan fingerprint density at radius 1 is 1.32 bits per heavy atom. The average molecular weight is 284 g/mol. The van der Waals surface area contributed by atoms with Crippen LogP contribution in [0.4, 0.5) is 11.4 Å². The van der Waals surface area contributed by atoms with Crippen LogP contribution in [-0.4, -0.2) is 11.9 Å². The molecule has 0 saturated carbocycles. The van der Waals surface area contributed by atoms with Gasteiger partial charge in [0.1, 0.15) is 0 Å². The van der Waals surface area contributed by atoms with E-state index in [-0.39, 0.29) is 6.04 Å². The molecule has 4 nitrogen and oxygen atoms in total. The first-order valence-electron chi connectivity index (χ1n) is 6.46. The molecule has 0 aliphatic rings. The van der Waals surface area contributed by atoms with E-state index in [1.807, 2.05) is 0 Å². The number of halogens is 1. The minimum absolute atomic E-state index is 0.210. The van der Waals surface area contributed by atoms with Gasteiger partial charge in [0.15, 0.2) is 0 Å². The largest absolute Gasteiger partial charge is 0.399 e. The molecule has 0 saturated heterocycles. The van der Waals surface area contributed by atoms with Gasteiger partial charge in [-0.25, -0.2) is 0 Å². The topological polar surface area (TPSA) is 81.1 Å². The fourth-order valence-electron chi connectivity index (χ4n) is 1.87. The van der Waals surface area contributed by atoms with Crippen LogP contribution in [0.3, 0.4) is 0 Å². The average Bonchev–Trinajstić information content (AvgIpc) is 2.29. The lowest BCUT2D eigenvalue weighted by Crippen LogP contribution is -2.21. The highest BCUT2D eigenvalue weighted by molar-refractivity contribution is 6.34. The van der Waals surface area contributed by atoms with Crippen molar-refractivity contribution in [1.29, 1.82) is 0 Å². The lowest BCUT2D eigenvalue weighted by Gasteiger charge is -2.19. The van der Waals surface area contributed by atoms with E-state index in [1.165, 1.54) is 0 Å². The number of nitrogens with two attached hydrogens (primary N) is 2. The van der Waals surface area contributed by atoms with Gasteiger partial charge < -0.3 is 16.8 Å². The molecule has 5 N–H and O–H groups in total. The molecule has 0 spiro atoms. The van der Waals surface area contributed by atoms with Crippen LogP contribution in [0.25, 0.3) is 0 Å². The maximum atomic E-state index is 11.4. The Morgan fingerprint density at radius 2 is 1.95 bits per heavy atom. The second kappa shape index (κ2) is 6.66. The van der Waals surface area contributed by atoms with Crippen LogP contribution in [0.5, 0.6) is 0 Å². The quantitative estimate of drug-likeness (QED) is 0.701. The number of carbonyl (C=O) groups is 1. The molecule has 0 aliphatic carbocycles. The molecule has 0 fully saturated rings. The van der Waals surface area contributed by atoms with E-state index in [0.717, 1.165) is 12.8 Å². The zero-order chi connectivity index (χ0) is 14.6. The van der Waals surface area contributed by atoms with Crippen LogP contribution in [-0.2, 0) is 0 Å². The highest BCUT2D eigenvalue weighted by atomic mass is 35.5. The van der Waals surface area contributed by atoms with E-state index in [1.54, 1.807) is 12.1 Å². The summed E-state index contributed by atoms with van der Waals surface area (Å²) >= 11 is 6.14. The molecular formula is C14H22ClN3O. The van der Waals surface area contributed by atoms with E-state index >= 15 is 0 Å². The zero-order valence-corrected chi connectivity index (χ0v) is 12.4. The molecule has 19 heavy (non-hydrogen) atoms. The summed E-state index contributed by atoms with van der Waals surface area (Å²) in [5.74, 6) is 0.106. The number of anilines is 2. The van der Waals surface area contributed by atoms with Crippen molar-refractivity contribution < 1.29 is 4.79 Å².